The molecule has 1 aliphatic heterocycles. The summed E-state index contributed by atoms with van der Waals surface area (Å²) < 4.78 is 0. The summed E-state index contributed by atoms with van der Waals surface area (Å²) in [5, 5.41) is 0. The largest absolute Gasteiger partial charge is 0.298 e. The standard InChI is InChI=1S/C16H33N/c1-5-9-14(2)10-6-7-13-17-15(3)11-8-12-16(17)4/h14-16H,5-13H2,1-4H3/t14-,15-,16+/m1/s1. The molecule has 0 bridgehead atoms. The molecule has 1 rings (SSSR count). The molecule has 1 aliphatic rings. The van der Waals surface area contributed by atoms with Crippen molar-refractivity contribution in [2.24, 2.45) is 5.92 Å². The van der Waals surface area contributed by atoms with E-state index in [4.69, 9.17) is 0 Å². The zero-order valence-electron chi connectivity index (χ0n) is 12.5. The van der Waals surface area contributed by atoms with E-state index in [1.807, 2.05) is 0 Å². The van der Waals surface area contributed by atoms with Crippen molar-refractivity contribution in [3.8, 4) is 0 Å². The summed E-state index contributed by atoms with van der Waals surface area (Å²) in [6.45, 7) is 10.9. The van der Waals surface area contributed by atoms with Gasteiger partial charge in [-0.3, -0.25) is 4.90 Å². The van der Waals surface area contributed by atoms with E-state index in [0.717, 1.165) is 18.0 Å². The van der Waals surface area contributed by atoms with Gasteiger partial charge in [-0.1, -0.05) is 46.0 Å². The van der Waals surface area contributed by atoms with Crippen LogP contribution in [0, 0.1) is 5.92 Å². The van der Waals surface area contributed by atoms with Crippen LogP contribution in [0.4, 0.5) is 0 Å². The van der Waals surface area contributed by atoms with E-state index >= 15 is 0 Å². The fourth-order valence-electron chi connectivity index (χ4n) is 3.34. The van der Waals surface area contributed by atoms with Crippen LogP contribution in [0.15, 0.2) is 0 Å². The van der Waals surface area contributed by atoms with Crippen molar-refractivity contribution < 1.29 is 0 Å². The molecule has 1 heterocycles. The van der Waals surface area contributed by atoms with E-state index in [1.165, 1.54) is 57.9 Å². The minimum atomic E-state index is 0.826. The predicted molar refractivity (Wildman–Crippen MR) is 77.4 cm³/mol. The molecule has 1 heteroatoms. The first-order valence-corrected chi connectivity index (χ1v) is 7.90. The topological polar surface area (TPSA) is 3.24 Å². The Kier molecular flexibility index (Phi) is 7.18. The minimum absolute atomic E-state index is 0.826. The highest BCUT2D eigenvalue weighted by Crippen LogP contribution is 2.23. The van der Waals surface area contributed by atoms with Crippen molar-refractivity contribution in [2.75, 3.05) is 6.54 Å². The summed E-state index contributed by atoms with van der Waals surface area (Å²) in [5.41, 5.74) is 0. The summed E-state index contributed by atoms with van der Waals surface area (Å²) in [6.07, 6.45) is 11.3. The average Bonchev–Trinajstić information content (AvgIpc) is 2.28. The summed E-state index contributed by atoms with van der Waals surface area (Å²) in [7, 11) is 0. The Morgan fingerprint density at radius 3 is 2.29 bits per heavy atom. The molecule has 1 nitrogen and oxygen atoms in total. The average molecular weight is 239 g/mol. The van der Waals surface area contributed by atoms with Gasteiger partial charge in [-0.15, -0.1) is 0 Å². The molecular weight excluding hydrogens is 206 g/mol. The number of hydrogen-bond acceptors (Lipinski definition) is 1. The molecule has 1 saturated heterocycles. The highest BCUT2D eigenvalue weighted by molar-refractivity contribution is 4.79. The molecule has 0 N–H and O–H groups in total. The van der Waals surface area contributed by atoms with E-state index < -0.39 is 0 Å². The van der Waals surface area contributed by atoms with Gasteiger partial charge in [0.15, 0.2) is 0 Å². The molecule has 1 fully saturated rings. The molecular formula is C16H33N. The van der Waals surface area contributed by atoms with E-state index in [1.54, 1.807) is 0 Å². The van der Waals surface area contributed by atoms with Gasteiger partial charge in [0.05, 0.1) is 0 Å². The Hall–Kier alpha value is -0.0400. The van der Waals surface area contributed by atoms with Gasteiger partial charge in [0.1, 0.15) is 0 Å². The second-order valence-electron chi connectivity index (χ2n) is 6.26. The second-order valence-corrected chi connectivity index (χ2v) is 6.26. The molecule has 0 aromatic rings. The first kappa shape index (κ1) is 15.0. The Bertz CT molecular complexity index is 180. The monoisotopic (exact) mass is 239 g/mol. The Morgan fingerprint density at radius 2 is 1.71 bits per heavy atom. The van der Waals surface area contributed by atoms with E-state index in [9.17, 15) is 0 Å². The maximum atomic E-state index is 2.74. The first-order valence-electron chi connectivity index (χ1n) is 7.90. The van der Waals surface area contributed by atoms with Crippen LogP contribution in [0.2, 0.25) is 0 Å². The lowest BCUT2D eigenvalue weighted by atomic mass is 9.96. The van der Waals surface area contributed by atoms with Crippen molar-refractivity contribution in [2.45, 2.75) is 91.1 Å². The number of hydrogen-bond donors (Lipinski definition) is 0. The molecule has 0 unspecified atom stereocenters. The van der Waals surface area contributed by atoms with Gasteiger partial charge in [-0.05, 0) is 45.6 Å². The summed E-state index contributed by atoms with van der Waals surface area (Å²) in [6, 6.07) is 1.65. The van der Waals surface area contributed by atoms with Crippen LogP contribution in [0.1, 0.15) is 79.1 Å². The number of unbranched alkanes of at least 4 members (excludes halogenated alkanes) is 1. The van der Waals surface area contributed by atoms with Gasteiger partial charge in [0.2, 0.25) is 0 Å². The summed E-state index contributed by atoms with van der Waals surface area (Å²) in [5.74, 6) is 0.941. The van der Waals surface area contributed by atoms with E-state index in [0.29, 0.717) is 0 Å². The number of likely N-dealkylation sites (tertiary alicyclic amines) is 1. The molecule has 102 valence electrons. The third-order valence-corrected chi connectivity index (χ3v) is 4.52. The number of piperidine rings is 1. The van der Waals surface area contributed by atoms with Gasteiger partial charge in [0.25, 0.3) is 0 Å². The van der Waals surface area contributed by atoms with Crippen LogP contribution in [0.25, 0.3) is 0 Å². The zero-order chi connectivity index (χ0) is 12.7. The molecule has 0 radical (unpaired) electrons. The molecule has 0 saturated carbocycles. The normalized spacial score (nSPS) is 28.2. The van der Waals surface area contributed by atoms with E-state index in [2.05, 4.69) is 32.6 Å². The molecule has 0 aromatic carbocycles. The molecule has 0 aromatic heterocycles. The summed E-state index contributed by atoms with van der Waals surface area (Å²) >= 11 is 0. The maximum absolute atomic E-state index is 2.74. The fourth-order valence-corrected chi connectivity index (χ4v) is 3.34. The van der Waals surface area contributed by atoms with Crippen molar-refractivity contribution >= 4 is 0 Å². The molecule has 17 heavy (non-hydrogen) atoms. The summed E-state index contributed by atoms with van der Waals surface area (Å²) in [4.78, 5) is 2.74. The van der Waals surface area contributed by atoms with Gasteiger partial charge >= 0.3 is 0 Å². The zero-order valence-corrected chi connectivity index (χ0v) is 12.5. The number of rotatable bonds is 7. The van der Waals surface area contributed by atoms with Crippen molar-refractivity contribution in [3.63, 3.8) is 0 Å². The van der Waals surface area contributed by atoms with Gasteiger partial charge in [-0.25, -0.2) is 0 Å². The highest BCUT2D eigenvalue weighted by atomic mass is 15.2. The van der Waals surface area contributed by atoms with Crippen molar-refractivity contribution in [1.29, 1.82) is 0 Å². The fraction of sp³-hybridized carbons (Fsp3) is 1.00. The lowest BCUT2D eigenvalue weighted by Crippen LogP contribution is -2.44. The Labute approximate surface area is 109 Å². The van der Waals surface area contributed by atoms with Crippen LogP contribution in [0.5, 0.6) is 0 Å². The Balaban J connectivity index is 2.12. The lowest BCUT2D eigenvalue weighted by Gasteiger charge is -2.39. The smallest absolute Gasteiger partial charge is 0.00697 e. The first-order chi connectivity index (χ1) is 8.15. The molecule has 3 atom stereocenters. The lowest BCUT2D eigenvalue weighted by molar-refractivity contribution is 0.101. The molecule has 0 aliphatic carbocycles. The van der Waals surface area contributed by atoms with E-state index in [-0.39, 0.29) is 0 Å². The van der Waals surface area contributed by atoms with Gasteiger partial charge < -0.3 is 0 Å². The third-order valence-electron chi connectivity index (χ3n) is 4.52. The van der Waals surface area contributed by atoms with Crippen LogP contribution < -0.4 is 0 Å². The van der Waals surface area contributed by atoms with Crippen LogP contribution in [-0.4, -0.2) is 23.5 Å². The number of nitrogens with zero attached hydrogens (tertiary/aromatic N) is 1. The van der Waals surface area contributed by atoms with Crippen LogP contribution in [0.3, 0.4) is 0 Å². The predicted octanol–water partition coefficient (Wildman–Crippen LogP) is 4.86. The van der Waals surface area contributed by atoms with Crippen LogP contribution in [-0.2, 0) is 0 Å². The maximum Gasteiger partial charge on any atom is 0.00697 e. The quantitative estimate of drug-likeness (QED) is 0.574. The second kappa shape index (κ2) is 8.13. The van der Waals surface area contributed by atoms with Gasteiger partial charge in [0, 0.05) is 12.1 Å². The van der Waals surface area contributed by atoms with Gasteiger partial charge in [-0.2, -0.15) is 0 Å². The third kappa shape index (κ3) is 5.42. The Morgan fingerprint density at radius 1 is 1.06 bits per heavy atom. The highest BCUT2D eigenvalue weighted by Gasteiger charge is 2.23. The van der Waals surface area contributed by atoms with Crippen molar-refractivity contribution in [3.05, 3.63) is 0 Å². The van der Waals surface area contributed by atoms with Crippen molar-refractivity contribution in [1.82, 2.24) is 4.90 Å². The molecule has 0 amide bonds. The SMILES string of the molecule is CCC[C@@H](C)CCCCN1[C@H](C)CCC[C@@H]1C. The molecule has 0 spiro atoms. The minimum Gasteiger partial charge on any atom is -0.298 e. The van der Waals surface area contributed by atoms with Crippen LogP contribution >= 0.6 is 0 Å².